The average Bonchev–Trinajstić information content (AvgIpc) is 3.40. The molecule has 0 aliphatic heterocycles. The molecular weight excluding hydrogens is 456 g/mol. The predicted octanol–water partition coefficient (Wildman–Crippen LogP) is 4.28. The summed E-state index contributed by atoms with van der Waals surface area (Å²) in [5, 5.41) is 24.8. The third-order valence-electron chi connectivity index (χ3n) is 4.53. The van der Waals surface area contributed by atoms with Crippen molar-refractivity contribution in [3.63, 3.8) is 0 Å². The maximum absolute atomic E-state index is 12.8. The Kier molecular flexibility index (Phi) is 5.18. The zero-order valence-electron chi connectivity index (χ0n) is 15.7. The lowest BCUT2D eigenvalue weighted by molar-refractivity contribution is 0.475. The fraction of sp³-hybridized carbons (Fsp3) is 0.0500. The Hall–Kier alpha value is -3.21. The maximum Gasteiger partial charge on any atom is 0.260 e. The van der Waals surface area contributed by atoms with Crippen molar-refractivity contribution in [1.82, 2.24) is 30.2 Å². The van der Waals surface area contributed by atoms with Crippen molar-refractivity contribution in [2.45, 2.75) is 10.9 Å². The number of rotatable bonds is 5. The van der Waals surface area contributed by atoms with Crippen LogP contribution in [0.1, 0.15) is 5.82 Å². The van der Waals surface area contributed by atoms with Crippen molar-refractivity contribution < 1.29 is 5.11 Å². The third-order valence-corrected chi connectivity index (χ3v) is 6.66. The first-order chi connectivity index (χ1) is 15.1. The van der Waals surface area contributed by atoms with Gasteiger partial charge in [-0.05, 0) is 40.8 Å². The van der Waals surface area contributed by atoms with Crippen LogP contribution in [0.5, 0.6) is 5.75 Å². The van der Waals surface area contributed by atoms with Gasteiger partial charge in [0.1, 0.15) is 16.4 Å². The van der Waals surface area contributed by atoms with E-state index >= 15 is 0 Å². The van der Waals surface area contributed by atoms with Crippen LogP contribution in [0.3, 0.4) is 0 Å². The molecule has 0 amide bonds. The van der Waals surface area contributed by atoms with E-state index in [-0.39, 0.29) is 11.3 Å². The second-order valence-corrected chi connectivity index (χ2v) is 8.71. The van der Waals surface area contributed by atoms with Gasteiger partial charge in [0, 0.05) is 21.5 Å². The van der Waals surface area contributed by atoms with Crippen LogP contribution in [-0.2, 0) is 5.75 Å². The smallest absolute Gasteiger partial charge is 0.260 e. The van der Waals surface area contributed by atoms with Gasteiger partial charge < -0.3 is 10.1 Å². The first kappa shape index (κ1) is 19.7. The van der Waals surface area contributed by atoms with Crippen molar-refractivity contribution in [3.8, 4) is 22.6 Å². The molecule has 0 aliphatic rings. The number of hydrogen-bond donors (Lipinski definition) is 2. The largest absolute Gasteiger partial charge is 0.508 e. The molecule has 2 aromatic carbocycles. The van der Waals surface area contributed by atoms with Gasteiger partial charge in [-0.15, -0.1) is 16.4 Å². The van der Waals surface area contributed by atoms with Gasteiger partial charge in [0.2, 0.25) is 5.16 Å². The lowest BCUT2D eigenvalue weighted by atomic mass is 10.1. The van der Waals surface area contributed by atoms with Gasteiger partial charge in [0.25, 0.3) is 5.56 Å². The molecule has 5 rings (SSSR count). The SMILES string of the molecule is O=c1[nH]c(CSc2nnnn2-c2ccc(O)cc2)nc2scc(-c3ccccc3Cl)c12. The van der Waals surface area contributed by atoms with Crippen LogP contribution in [0.2, 0.25) is 5.02 Å². The van der Waals surface area contributed by atoms with Crippen molar-refractivity contribution in [2.75, 3.05) is 0 Å². The fourth-order valence-corrected chi connectivity index (χ4v) is 5.05. The number of nitrogens with zero attached hydrogens (tertiary/aromatic N) is 5. The van der Waals surface area contributed by atoms with Crippen LogP contribution in [0, 0.1) is 0 Å². The number of thiophene rings is 1. The molecule has 31 heavy (non-hydrogen) atoms. The standard InChI is InChI=1S/C20H13ClN6O2S2/c21-15-4-2-1-3-13(15)14-9-30-19-17(14)18(29)22-16(23-19)10-31-20-24-25-26-27(20)11-5-7-12(28)8-6-11/h1-9,28H,10H2,(H,22,23,29). The highest BCUT2D eigenvalue weighted by molar-refractivity contribution is 7.98. The van der Waals surface area contributed by atoms with E-state index in [1.165, 1.54) is 23.1 Å². The second-order valence-electron chi connectivity index (χ2n) is 6.50. The number of aromatic hydroxyl groups is 1. The topological polar surface area (TPSA) is 110 Å². The molecule has 154 valence electrons. The van der Waals surface area contributed by atoms with Crippen molar-refractivity contribution in [1.29, 1.82) is 0 Å². The minimum atomic E-state index is -0.213. The third kappa shape index (κ3) is 3.80. The number of halogens is 1. The van der Waals surface area contributed by atoms with Gasteiger partial charge in [0.05, 0.1) is 16.8 Å². The van der Waals surface area contributed by atoms with E-state index in [2.05, 4.69) is 25.5 Å². The summed E-state index contributed by atoms with van der Waals surface area (Å²) in [7, 11) is 0. The molecule has 0 saturated heterocycles. The van der Waals surface area contributed by atoms with E-state index in [4.69, 9.17) is 11.6 Å². The summed E-state index contributed by atoms with van der Waals surface area (Å²) < 4.78 is 1.56. The minimum Gasteiger partial charge on any atom is -0.508 e. The molecule has 3 heterocycles. The molecule has 0 fully saturated rings. The fourth-order valence-electron chi connectivity index (χ4n) is 3.10. The van der Waals surface area contributed by atoms with Crippen LogP contribution in [0.15, 0.2) is 63.9 Å². The Bertz CT molecular complexity index is 1440. The number of hydrogen-bond acceptors (Lipinski definition) is 8. The van der Waals surface area contributed by atoms with E-state index in [0.717, 1.165) is 11.1 Å². The molecule has 0 atom stereocenters. The van der Waals surface area contributed by atoms with Gasteiger partial charge >= 0.3 is 0 Å². The first-order valence-corrected chi connectivity index (χ1v) is 11.3. The number of aromatic nitrogens is 6. The Morgan fingerprint density at radius 2 is 1.94 bits per heavy atom. The van der Waals surface area contributed by atoms with Gasteiger partial charge in [-0.2, -0.15) is 4.68 Å². The number of H-pyrrole nitrogens is 1. The second kappa shape index (κ2) is 8.14. The summed E-state index contributed by atoms with van der Waals surface area (Å²) in [6, 6.07) is 14.0. The highest BCUT2D eigenvalue weighted by atomic mass is 35.5. The summed E-state index contributed by atoms with van der Waals surface area (Å²) in [5.74, 6) is 1.06. The molecule has 2 N–H and O–H groups in total. The molecule has 5 aromatic rings. The molecule has 0 radical (unpaired) electrons. The molecule has 0 saturated carbocycles. The Morgan fingerprint density at radius 3 is 2.74 bits per heavy atom. The quantitative estimate of drug-likeness (QED) is 0.370. The van der Waals surface area contributed by atoms with Crippen LogP contribution < -0.4 is 5.56 Å². The highest BCUT2D eigenvalue weighted by Crippen LogP contribution is 2.35. The molecule has 0 aliphatic carbocycles. The number of phenols is 1. The Morgan fingerprint density at radius 1 is 1.13 bits per heavy atom. The van der Waals surface area contributed by atoms with Gasteiger partial charge in [-0.1, -0.05) is 41.6 Å². The molecule has 11 heteroatoms. The summed E-state index contributed by atoms with van der Waals surface area (Å²) >= 11 is 9.06. The van der Waals surface area contributed by atoms with Crippen molar-refractivity contribution in [3.05, 3.63) is 75.1 Å². The normalized spacial score (nSPS) is 11.3. The molecule has 0 unspecified atom stereocenters. The van der Waals surface area contributed by atoms with Gasteiger partial charge in [-0.3, -0.25) is 4.79 Å². The molecule has 0 bridgehead atoms. The number of tetrazole rings is 1. The zero-order chi connectivity index (χ0) is 21.4. The maximum atomic E-state index is 12.8. The summed E-state index contributed by atoms with van der Waals surface area (Å²) in [4.78, 5) is 21.0. The highest BCUT2D eigenvalue weighted by Gasteiger charge is 2.16. The molecular formula is C20H13ClN6O2S2. The molecule has 3 aromatic heterocycles. The number of phenolic OH excluding ortho intramolecular Hbond substituents is 1. The van der Waals surface area contributed by atoms with Crippen LogP contribution in [0.25, 0.3) is 27.0 Å². The summed E-state index contributed by atoms with van der Waals surface area (Å²) in [6.07, 6.45) is 0. The van der Waals surface area contributed by atoms with Gasteiger partial charge in [-0.25, -0.2) is 4.98 Å². The van der Waals surface area contributed by atoms with Crippen LogP contribution in [-0.4, -0.2) is 35.3 Å². The van der Waals surface area contributed by atoms with E-state index in [1.54, 1.807) is 35.0 Å². The lowest BCUT2D eigenvalue weighted by Gasteiger charge is -2.05. The average molecular weight is 469 g/mol. The number of nitrogens with one attached hydrogen (secondary N) is 1. The number of fused-ring (bicyclic) bond motifs is 1. The number of thioether (sulfide) groups is 1. The van der Waals surface area contributed by atoms with E-state index in [0.29, 0.717) is 37.7 Å². The number of benzene rings is 2. The van der Waals surface area contributed by atoms with Crippen LogP contribution in [0.4, 0.5) is 0 Å². The monoisotopic (exact) mass is 468 g/mol. The van der Waals surface area contributed by atoms with Gasteiger partial charge in [0.15, 0.2) is 0 Å². The van der Waals surface area contributed by atoms with Crippen molar-refractivity contribution in [2.24, 2.45) is 0 Å². The summed E-state index contributed by atoms with van der Waals surface area (Å²) in [6.45, 7) is 0. The predicted molar refractivity (Wildman–Crippen MR) is 121 cm³/mol. The number of aromatic amines is 1. The van der Waals surface area contributed by atoms with Crippen LogP contribution >= 0.6 is 34.7 Å². The molecule has 0 spiro atoms. The Balaban J connectivity index is 1.43. The van der Waals surface area contributed by atoms with E-state index in [1.807, 2.05) is 23.6 Å². The van der Waals surface area contributed by atoms with Crippen molar-refractivity contribution >= 4 is 44.9 Å². The minimum absolute atomic E-state index is 0.160. The zero-order valence-corrected chi connectivity index (χ0v) is 18.1. The van der Waals surface area contributed by atoms with E-state index in [9.17, 15) is 9.90 Å². The molecule has 8 nitrogen and oxygen atoms in total. The summed E-state index contributed by atoms with van der Waals surface area (Å²) in [5.41, 5.74) is 2.08. The lowest BCUT2D eigenvalue weighted by Crippen LogP contribution is -2.11. The van der Waals surface area contributed by atoms with E-state index < -0.39 is 0 Å². The first-order valence-electron chi connectivity index (χ1n) is 9.06. The Labute approximate surface area is 188 Å².